The molecule has 3 nitrogen and oxygen atoms in total. The molecule has 0 amide bonds. The number of nitrogens with one attached hydrogen (secondary N) is 1. The number of carbonyl (C=O) groups is 1. The molecule has 112 valence electrons. The first-order valence-electron chi connectivity index (χ1n) is 7.33. The van der Waals surface area contributed by atoms with Crippen LogP contribution in [0.3, 0.4) is 0 Å². The Bertz CT molecular complexity index is 439. The Morgan fingerprint density at radius 3 is 1.95 bits per heavy atom. The molecule has 0 aliphatic carbocycles. The Kier molecular flexibility index (Phi) is 5.35. The second-order valence-corrected chi connectivity index (χ2v) is 6.39. The van der Waals surface area contributed by atoms with Crippen molar-refractivity contribution in [3.8, 4) is 0 Å². The van der Waals surface area contributed by atoms with Gasteiger partial charge in [0.25, 0.3) is 0 Å². The fraction of sp³-hybridized carbons (Fsp3) is 0.588. The van der Waals surface area contributed by atoms with Crippen molar-refractivity contribution in [1.29, 1.82) is 0 Å². The lowest BCUT2D eigenvalue weighted by atomic mass is 9.86. The molecule has 0 atom stereocenters. The smallest absolute Gasteiger partial charge is 0.323 e. The molecule has 0 fully saturated rings. The van der Waals surface area contributed by atoms with Crippen molar-refractivity contribution >= 4 is 5.97 Å². The van der Waals surface area contributed by atoms with Crippen LogP contribution in [0.15, 0.2) is 24.3 Å². The average molecular weight is 277 g/mol. The van der Waals surface area contributed by atoms with Crippen LogP contribution >= 0.6 is 0 Å². The number of carboxylic acids is 1. The molecule has 0 saturated carbocycles. The van der Waals surface area contributed by atoms with Gasteiger partial charge in [0.2, 0.25) is 0 Å². The lowest BCUT2D eigenvalue weighted by Crippen LogP contribution is -2.50. The van der Waals surface area contributed by atoms with Gasteiger partial charge in [-0.05, 0) is 29.4 Å². The number of hydrogen-bond acceptors (Lipinski definition) is 2. The van der Waals surface area contributed by atoms with E-state index in [1.807, 2.05) is 13.8 Å². The van der Waals surface area contributed by atoms with E-state index < -0.39 is 11.5 Å². The lowest BCUT2D eigenvalue weighted by Gasteiger charge is -2.28. The highest BCUT2D eigenvalue weighted by atomic mass is 16.4. The van der Waals surface area contributed by atoms with Gasteiger partial charge in [0.1, 0.15) is 5.54 Å². The predicted molar refractivity (Wildman–Crippen MR) is 82.9 cm³/mol. The van der Waals surface area contributed by atoms with Crippen molar-refractivity contribution in [2.45, 2.75) is 65.0 Å². The normalized spacial score (nSPS) is 12.4. The van der Waals surface area contributed by atoms with Crippen LogP contribution in [-0.4, -0.2) is 16.6 Å². The first-order valence-corrected chi connectivity index (χ1v) is 7.33. The number of hydrogen-bond donors (Lipinski definition) is 2. The summed E-state index contributed by atoms with van der Waals surface area (Å²) < 4.78 is 0. The second kappa shape index (κ2) is 6.40. The van der Waals surface area contributed by atoms with E-state index in [4.69, 9.17) is 0 Å². The van der Waals surface area contributed by atoms with Crippen LogP contribution in [0.1, 0.15) is 58.6 Å². The van der Waals surface area contributed by atoms with E-state index in [-0.39, 0.29) is 5.41 Å². The van der Waals surface area contributed by atoms with E-state index in [1.165, 1.54) is 5.56 Å². The van der Waals surface area contributed by atoms with Crippen molar-refractivity contribution in [2.75, 3.05) is 0 Å². The molecule has 0 bridgehead atoms. The summed E-state index contributed by atoms with van der Waals surface area (Å²) in [5.41, 5.74) is 1.73. The van der Waals surface area contributed by atoms with Crippen LogP contribution in [0.2, 0.25) is 0 Å². The van der Waals surface area contributed by atoms with Crippen molar-refractivity contribution in [3.63, 3.8) is 0 Å². The fourth-order valence-electron chi connectivity index (χ4n) is 2.27. The highest BCUT2D eigenvalue weighted by molar-refractivity contribution is 5.78. The molecule has 1 aromatic carbocycles. The molecule has 1 aromatic rings. The van der Waals surface area contributed by atoms with E-state index in [2.05, 4.69) is 50.4 Å². The van der Waals surface area contributed by atoms with Gasteiger partial charge >= 0.3 is 5.97 Å². The van der Waals surface area contributed by atoms with Gasteiger partial charge < -0.3 is 5.11 Å². The van der Waals surface area contributed by atoms with E-state index in [0.29, 0.717) is 19.4 Å². The van der Waals surface area contributed by atoms with Gasteiger partial charge in [0.15, 0.2) is 0 Å². The minimum Gasteiger partial charge on any atom is -0.480 e. The monoisotopic (exact) mass is 277 g/mol. The molecule has 2 N–H and O–H groups in total. The van der Waals surface area contributed by atoms with Crippen LogP contribution in [0.5, 0.6) is 0 Å². The van der Waals surface area contributed by atoms with Gasteiger partial charge in [0.05, 0.1) is 0 Å². The van der Waals surface area contributed by atoms with Crippen LogP contribution in [0.4, 0.5) is 0 Å². The zero-order valence-corrected chi connectivity index (χ0v) is 13.3. The van der Waals surface area contributed by atoms with Gasteiger partial charge in [-0.2, -0.15) is 0 Å². The summed E-state index contributed by atoms with van der Waals surface area (Å²) in [6.07, 6.45) is 1.16. The summed E-state index contributed by atoms with van der Waals surface area (Å²) in [4.78, 5) is 11.4. The van der Waals surface area contributed by atoms with Crippen LogP contribution in [0, 0.1) is 0 Å². The molecule has 0 saturated heterocycles. The highest BCUT2D eigenvalue weighted by Gasteiger charge is 2.33. The third-order valence-electron chi connectivity index (χ3n) is 4.07. The third-order valence-corrected chi connectivity index (χ3v) is 4.07. The zero-order valence-electron chi connectivity index (χ0n) is 13.3. The quantitative estimate of drug-likeness (QED) is 0.833. The summed E-state index contributed by atoms with van der Waals surface area (Å²) >= 11 is 0. The van der Waals surface area contributed by atoms with E-state index in [0.717, 1.165) is 5.56 Å². The molecular weight excluding hydrogens is 250 g/mol. The number of aliphatic carboxylic acids is 1. The van der Waals surface area contributed by atoms with Crippen molar-refractivity contribution in [3.05, 3.63) is 35.4 Å². The van der Waals surface area contributed by atoms with Gasteiger partial charge in [-0.25, -0.2) is 0 Å². The van der Waals surface area contributed by atoms with Crippen LogP contribution in [-0.2, 0) is 16.8 Å². The molecular formula is C17H27NO2. The van der Waals surface area contributed by atoms with Gasteiger partial charge in [-0.3, -0.25) is 10.1 Å². The van der Waals surface area contributed by atoms with Crippen LogP contribution in [0.25, 0.3) is 0 Å². The Morgan fingerprint density at radius 1 is 1.10 bits per heavy atom. The molecule has 0 radical (unpaired) electrons. The van der Waals surface area contributed by atoms with Gasteiger partial charge in [-0.15, -0.1) is 0 Å². The summed E-state index contributed by atoms with van der Waals surface area (Å²) in [7, 11) is 0. The molecule has 0 heterocycles. The van der Waals surface area contributed by atoms with Gasteiger partial charge in [0, 0.05) is 6.54 Å². The summed E-state index contributed by atoms with van der Waals surface area (Å²) in [5.74, 6) is -0.770. The predicted octanol–water partition coefficient (Wildman–Crippen LogP) is 3.72. The fourth-order valence-corrected chi connectivity index (χ4v) is 2.27. The van der Waals surface area contributed by atoms with E-state index in [1.54, 1.807) is 0 Å². The van der Waals surface area contributed by atoms with Crippen molar-refractivity contribution < 1.29 is 9.90 Å². The first-order chi connectivity index (χ1) is 9.25. The molecule has 20 heavy (non-hydrogen) atoms. The Balaban J connectivity index is 2.77. The molecule has 0 aliphatic rings. The van der Waals surface area contributed by atoms with Crippen molar-refractivity contribution in [2.24, 2.45) is 0 Å². The van der Waals surface area contributed by atoms with E-state index in [9.17, 15) is 9.90 Å². The summed E-state index contributed by atoms with van der Waals surface area (Å²) in [6.45, 7) is 11.0. The number of carboxylic acid groups (broad SMARTS) is 1. The molecule has 0 unspecified atom stereocenters. The average Bonchev–Trinajstić information content (AvgIpc) is 2.39. The Morgan fingerprint density at radius 2 is 1.60 bits per heavy atom. The highest BCUT2D eigenvalue weighted by Crippen LogP contribution is 2.22. The minimum absolute atomic E-state index is 0.142. The zero-order chi connectivity index (χ0) is 15.4. The molecule has 0 aromatic heterocycles. The minimum atomic E-state index is -0.817. The maximum atomic E-state index is 11.4. The first kappa shape index (κ1) is 16.7. The summed E-state index contributed by atoms with van der Waals surface area (Å²) in [5, 5.41) is 12.6. The van der Waals surface area contributed by atoms with Crippen molar-refractivity contribution in [1.82, 2.24) is 5.32 Å². The maximum absolute atomic E-state index is 11.4. The molecule has 0 spiro atoms. The number of rotatable bonds is 6. The molecule has 1 rings (SSSR count). The maximum Gasteiger partial charge on any atom is 0.323 e. The molecule has 0 aliphatic heterocycles. The van der Waals surface area contributed by atoms with Gasteiger partial charge in [-0.1, -0.05) is 58.9 Å². The van der Waals surface area contributed by atoms with E-state index >= 15 is 0 Å². The summed E-state index contributed by atoms with van der Waals surface area (Å²) in [6, 6.07) is 8.39. The second-order valence-electron chi connectivity index (χ2n) is 6.39. The standard InChI is InChI=1S/C17H27NO2/c1-6-17(7-2,15(19)20)18-12-13-8-10-14(11-9-13)16(3,4)5/h8-11,18H,6-7,12H2,1-5H3,(H,19,20). The Labute approximate surface area is 122 Å². The number of benzene rings is 1. The lowest BCUT2D eigenvalue weighted by molar-refractivity contribution is -0.145. The Hall–Kier alpha value is -1.35. The largest absolute Gasteiger partial charge is 0.480 e. The SMILES string of the molecule is CCC(CC)(NCc1ccc(C(C)(C)C)cc1)C(=O)O. The van der Waals surface area contributed by atoms with Crippen LogP contribution < -0.4 is 5.32 Å². The third kappa shape index (κ3) is 3.83. The topological polar surface area (TPSA) is 49.3 Å². The molecule has 3 heteroatoms.